The molecule has 1 aliphatic carbocycles. The summed E-state index contributed by atoms with van der Waals surface area (Å²) in [6, 6.07) is 0.679. The lowest BCUT2D eigenvalue weighted by molar-refractivity contribution is 0.266. The summed E-state index contributed by atoms with van der Waals surface area (Å²) in [7, 11) is 0. The number of hydrogen-bond donors (Lipinski definition) is 1. The zero-order valence-electron chi connectivity index (χ0n) is 7.09. The number of nitrogens with zero attached hydrogens (tertiary/aromatic N) is 1. The van der Waals surface area contributed by atoms with Crippen LogP contribution < -0.4 is 5.43 Å². The summed E-state index contributed by atoms with van der Waals surface area (Å²) in [6.45, 7) is 2.30. The van der Waals surface area contributed by atoms with Crippen molar-refractivity contribution in [3.8, 4) is 0 Å². The van der Waals surface area contributed by atoms with E-state index in [1.165, 1.54) is 25.7 Å². The van der Waals surface area contributed by atoms with Crippen LogP contribution in [0, 0.1) is 11.8 Å². The van der Waals surface area contributed by atoms with Crippen LogP contribution in [-0.2, 0) is 0 Å². The van der Waals surface area contributed by atoms with E-state index >= 15 is 0 Å². The van der Waals surface area contributed by atoms with Crippen molar-refractivity contribution in [3.05, 3.63) is 0 Å². The molecule has 2 nitrogen and oxygen atoms in total. The molecule has 11 heavy (non-hydrogen) atoms. The van der Waals surface area contributed by atoms with E-state index in [1.807, 2.05) is 0 Å². The summed E-state index contributed by atoms with van der Waals surface area (Å²) >= 11 is 0. The molecule has 62 valence electrons. The number of hydrogen-bond acceptors (Lipinski definition) is 2. The molecule has 0 bridgehead atoms. The van der Waals surface area contributed by atoms with Crippen LogP contribution >= 0.6 is 0 Å². The Balaban J connectivity index is 1.95. The van der Waals surface area contributed by atoms with Gasteiger partial charge in [0.15, 0.2) is 0 Å². The number of nitrogens with one attached hydrogen (secondary N) is 1. The molecule has 0 radical (unpaired) electrons. The molecular formula is C9H16N2. The normalized spacial score (nSPS) is 41.7. The Morgan fingerprint density at radius 2 is 2.45 bits per heavy atom. The molecule has 2 aliphatic rings. The van der Waals surface area contributed by atoms with Gasteiger partial charge in [-0.05, 0) is 25.2 Å². The Kier molecular flexibility index (Phi) is 1.84. The van der Waals surface area contributed by atoms with Gasteiger partial charge in [-0.2, -0.15) is 5.10 Å². The minimum absolute atomic E-state index is 0.679. The largest absolute Gasteiger partial charge is 0.307 e. The highest BCUT2D eigenvalue weighted by Crippen LogP contribution is 2.31. The topological polar surface area (TPSA) is 24.4 Å². The Bertz CT molecular complexity index is 165. The van der Waals surface area contributed by atoms with Crippen LogP contribution in [0.25, 0.3) is 0 Å². The van der Waals surface area contributed by atoms with Gasteiger partial charge >= 0.3 is 0 Å². The van der Waals surface area contributed by atoms with E-state index < -0.39 is 0 Å². The maximum atomic E-state index is 4.12. The van der Waals surface area contributed by atoms with Crippen LogP contribution in [0.5, 0.6) is 0 Å². The zero-order valence-corrected chi connectivity index (χ0v) is 7.09. The quantitative estimate of drug-likeness (QED) is 0.608. The lowest BCUT2D eigenvalue weighted by Gasteiger charge is -2.29. The first kappa shape index (κ1) is 7.14. The number of hydrazone groups is 1. The fourth-order valence-corrected chi connectivity index (χ4v) is 2.23. The van der Waals surface area contributed by atoms with Crippen molar-refractivity contribution in [2.45, 2.75) is 38.6 Å². The molecule has 0 saturated heterocycles. The first-order chi connectivity index (χ1) is 5.40. The average molecular weight is 152 g/mol. The summed E-state index contributed by atoms with van der Waals surface area (Å²) < 4.78 is 0. The van der Waals surface area contributed by atoms with Gasteiger partial charge in [-0.3, -0.25) is 0 Å². The minimum atomic E-state index is 0.679. The molecular weight excluding hydrogens is 136 g/mol. The van der Waals surface area contributed by atoms with Crippen LogP contribution in [0.15, 0.2) is 5.10 Å². The number of fused-ring (bicyclic) bond motifs is 1. The number of rotatable bonds is 1. The standard InChI is InChI=1S/C9H16N2/c1-2-7-3-4-9-8(5-7)6-10-11-9/h6-9,11H,2-5H2,1H3/t7?,8-,9?/m1/s1. The van der Waals surface area contributed by atoms with Crippen molar-refractivity contribution in [2.24, 2.45) is 16.9 Å². The molecule has 1 saturated carbocycles. The van der Waals surface area contributed by atoms with Gasteiger partial charge in [-0.25, -0.2) is 0 Å². The predicted octanol–water partition coefficient (Wildman–Crippen LogP) is 1.77. The monoisotopic (exact) mass is 152 g/mol. The second-order valence-electron chi connectivity index (χ2n) is 3.76. The molecule has 0 aromatic rings. The van der Waals surface area contributed by atoms with Gasteiger partial charge in [0.05, 0.1) is 6.04 Å². The second kappa shape index (κ2) is 2.84. The van der Waals surface area contributed by atoms with Gasteiger partial charge in [0.25, 0.3) is 0 Å². The maximum Gasteiger partial charge on any atom is 0.0518 e. The van der Waals surface area contributed by atoms with Crippen molar-refractivity contribution < 1.29 is 0 Å². The highest BCUT2D eigenvalue weighted by Gasteiger charge is 2.30. The van der Waals surface area contributed by atoms with Crippen LogP contribution in [0.1, 0.15) is 32.6 Å². The smallest absolute Gasteiger partial charge is 0.0518 e. The molecule has 2 unspecified atom stereocenters. The maximum absolute atomic E-state index is 4.12. The first-order valence-corrected chi connectivity index (χ1v) is 4.69. The highest BCUT2D eigenvalue weighted by molar-refractivity contribution is 5.63. The average Bonchev–Trinajstić information content (AvgIpc) is 2.50. The highest BCUT2D eigenvalue weighted by atomic mass is 15.3. The summed E-state index contributed by atoms with van der Waals surface area (Å²) in [4.78, 5) is 0. The van der Waals surface area contributed by atoms with Gasteiger partial charge in [0, 0.05) is 12.1 Å². The Morgan fingerprint density at radius 3 is 3.27 bits per heavy atom. The summed E-state index contributed by atoms with van der Waals surface area (Å²) in [5.74, 6) is 1.70. The summed E-state index contributed by atoms with van der Waals surface area (Å²) in [5.41, 5.74) is 3.17. The van der Waals surface area contributed by atoms with Crippen molar-refractivity contribution in [3.63, 3.8) is 0 Å². The van der Waals surface area contributed by atoms with Gasteiger partial charge in [0.2, 0.25) is 0 Å². The second-order valence-corrected chi connectivity index (χ2v) is 3.76. The van der Waals surface area contributed by atoms with Gasteiger partial charge in [-0.1, -0.05) is 13.3 Å². The van der Waals surface area contributed by atoms with Crippen molar-refractivity contribution in [2.75, 3.05) is 0 Å². The molecule has 2 heteroatoms. The third-order valence-corrected chi connectivity index (χ3v) is 3.09. The van der Waals surface area contributed by atoms with E-state index in [1.54, 1.807) is 0 Å². The third-order valence-electron chi connectivity index (χ3n) is 3.09. The molecule has 0 amide bonds. The Hall–Kier alpha value is -0.530. The molecule has 2 rings (SSSR count). The molecule has 1 heterocycles. The van der Waals surface area contributed by atoms with Crippen LogP contribution in [0.4, 0.5) is 0 Å². The van der Waals surface area contributed by atoms with Gasteiger partial charge in [-0.15, -0.1) is 0 Å². The SMILES string of the molecule is CCC1CCC2NN=C[C@H]2C1. The zero-order chi connectivity index (χ0) is 7.68. The van der Waals surface area contributed by atoms with E-state index in [-0.39, 0.29) is 0 Å². The Labute approximate surface area is 68.1 Å². The molecule has 0 aromatic heterocycles. The van der Waals surface area contributed by atoms with Crippen molar-refractivity contribution in [1.29, 1.82) is 0 Å². The fourth-order valence-electron chi connectivity index (χ4n) is 2.23. The van der Waals surface area contributed by atoms with Gasteiger partial charge in [0.1, 0.15) is 0 Å². The minimum Gasteiger partial charge on any atom is -0.307 e. The van der Waals surface area contributed by atoms with E-state index in [2.05, 4.69) is 23.7 Å². The molecule has 0 spiro atoms. The third kappa shape index (κ3) is 1.26. The van der Waals surface area contributed by atoms with E-state index in [9.17, 15) is 0 Å². The molecule has 1 aliphatic heterocycles. The molecule has 3 atom stereocenters. The molecule has 1 N–H and O–H groups in total. The van der Waals surface area contributed by atoms with Crippen LogP contribution in [-0.4, -0.2) is 12.3 Å². The summed E-state index contributed by atoms with van der Waals surface area (Å²) in [6.07, 6.45) is 7.53. The van der Waals surface area contributed by atoms with Gasteiger partial charge < -0.3 is 5.43 Å². The lowest BCUT2D eigenvalue weighted by Crippen LogP contribution is -2.33. The van der Waals surface area contributed by atoms with Crippen molar-refractivity contribution in [1.82, 2.24) is 5.43 Å². The predicted molar refractivity (Wildman–Crippen MR) is 46.5 cm³/mol. The lowest BCUT2D eigenvalue weighted by atomic mass is 9.78. The molecule has 0 aromatic carbocycles. The van der Waals surface area contributed by atoms with Crippen LogP contribution in [0.2, 0.25) is 0 Å². The molecule has 1 fully saturated rings. The van der Waals surface area contributed by atoms with Crippen LogP contribution in [0.3, 0.4) is 0 Å². The van der Waals surface area contributed by atoms with E-state index in [0.717, 1.165) is 11.8 Å². The van der Waals surface area contributed by atoms with E-state index in [0.29, 0.717) is 6.04 Å². The Morgan fingerprint density at radius 1 is 1.55 bits per heavy atom. The van der Waals surface area contributed by atoms with E-state index in [4.69, 9.17) is 0 Å². The van der Waals surface area contributed by atoms with Crippen molar-refractivity contribution >= 4 is 6.21 Å². The first-order valence-electron chi connectivity index (χ1n) is 4.69. The fraction of sp³-hybridized carbons (Fsp3) is 0.889. The summed E-state index contributed by atoms with van der Waals surface area (Å²) in [5, 5.41) is 4.12.